The van der Waals surface area contributed by atoms with Gasteiger partial charge in [-0.25, -0.2) is 9.97 Å². The zero-order valence-corrected chi connectivity index (χ0v) is 29.3. The van der Waals surface area contributed by atoms with Crippen LogP contribution in [0, 0.1) is 0 Å². The summed E-state index contributed by atoms with van der Waals surface area (Å²) in [5.41, 5.74) is 17.2. The highest BCUT2D eigenvalue weighted by molar-refractivity contribution is 6.17. The molecule has 0 bridgehead atoms. The number of furan rings is 1. The number of aryl methyl sites for hydroxylation is 2. The molecule has 0 N–H and O–H groups in total. The van der Waals surface area contributed by atoms with E-state index >= 15 is 0 Å². The first-order valence-electron chi connectivity index (χ1n) is 18.0. The van der Waals surface area contributed by atoms with Crippen molar-refractivity contribution < 1.29 is 4.42 Å². The molecule has 246 valence electrons. The standard InChI is InChI=1S/C47H37N3O/c1-5-28-14-13-18-36-43(28)50(44-35-17-9-12-21-41(35)51-45(36)44)40-25-23-31(26-29(40)6-2)46-48-39-20-11-8-16-34(39)42(49-46)30-22-24-33-32-15-7-10-19-37(32)47(3,4)38(33)27-30/h7-27H,5-6H2,1-4H3. The minimum absolute atomic E-state index is 0.0918. The lowest BCUT2D eigenvalue weighted by molar-refractivity contribution is 0.660. The molecule has 0 spiro atoms. The SMILES string of the molecule is CCc1cc(-c2nc(-c3ccc4c(c3)C(C)(C)c3ccccc3-4)c3ccccc3n2)ccc1-n1c2c(CC)cccc2c2oc3ccccc3c21. The smallest absolute Gasteiger partial charge is 0.161 e. The number of hydrogen-bond acceptors (Lipinski definition) is 3. The first-order valence-corrected chi connectivity index (χ1v) is 18.0. The Hall–Kier alpha value is -6.00. The lowest BCUT2D eigenvalue weighted by atomic mass is 9.82. The number of para-hydroxylation sites is 3. The van der Waals surface area contributed by atoms with Gasteiger partial charge in [-0.2, -0.15) is 0 Å². The number of benzene rings is 6. The lowest BCUT2D eigenvalue weighted by Crippen LogP contribution is -2.15. The number of nitrogens with zero attached hydrogens (tertiary/aromatic N) is 3. The highest BCUT2D eigenvalue weighted by Crippen LogP contribution is 2.50. The van der Waals surface area contributed by atoms with Gasteiger partial charge in [0, 0.05) is 38.4 Å². The Kier molecular flexibility index (Phi) is 6.44. The van der Waals surface area contributed by atoms with Crippen molar-refractivity contribution in [3.05, 3.63) is 150 Å². The maximum absolute atomic E-state index is 6.55. The number of hydrogen-bond donors (Lipinski definition) is 0. The van der Waals surface area contributed by atoms with E-state index in [-0.39, 0.29) is 5.41 Å². The van der Waals surface area contributed by atoms with E-state index < -0.39 is 0 Å². The molecule has 0 saturated carbocycles. The third-order valence-corrected chi connectivity index (χ3v) is 11.2. The van der Waals surface area contributed by atoms with Gasteiger partial charge in [0.1, 0.15) is 11.1 Å². The molecular weight excluding hydrogens is 623 g/mol. The van der Waals surface area contributed by atoms with Crippen molar-refractivity contribution in [3.8, 4) is 39.5 Å². The normalized spacial score (nSPS) is 13.4. The van der Waals surface area contributed by atoms with Crippen molar-refractivity contribution in [2.75, 3.05) is 0 Å². The highest BCUT2D eigenvalue weighted by atomic mass is 16.3. The monoisotopic (exact) mass is 659 g/mol. The van der Waals surface area contributed by atoms with E-state index in [1.165, 1.54) is 38.9 Å². The zero-order valence-electron chi connectivity index (χ0n) is 29.3. The van der Waals surface area contributed by atoms with E-state index in [0.29, 0.717) is 0 Å². The van der Waals surface area contributed by atoms with E-state index in [1.807, 2.05) is 6.07 Å². The van der Waals surface area contributed by atoms with Crippen LogP contribution in [0.2, 0.25) is 0 Å². The predicted octanol–water partition coefficient (Wildman–Crippen LogP) is 12.2. The Labute approximate surface area is 297 Å². The summed E-state index contributed by atoms with van der Waals surface area (Å²) in [6.45, 7) is 9.12. The van der Waals surface area contributed by atoms with Crippen LogP contribution in [0.5, 0.6) is 0 Å². The summed E-state index contributed by atoms with van der Waals surface area (Å²) in [7, 11) is 0. The van der Waals surface area contributed by atoms with Crippen LogP contribution in [0.15, 0.2) is 132 Å². The van der Waals surface area contributed by atoms with Gasteiger partial charge in [0.25, 0.3) is 0 Å². The van der Waals surface area contributed by atoms with Gasteiger partial charge >= 0.3 is 0 Å². The molecule has 9 aromatic rings. The summed E-state index contributed by atoms with van der Waals surface area (Å²) in [6, 6.07) is 45.8. The van der Waals surface area contributed by atoms with Crippen molar-refractivity contribution in [1.29, 1.82) is 0 Å². The molecular formula is C47H37N3O. The molecule has 6 aromatic carbocycles. The maximum atomic E-state index is 6.55. The summed E-state index contributed by atoms with van der Waals surface area (Å²) in [5, 5.41) is 3.33. The van der Waals surface area contributed by atoms with Crippen LogP contribution in [-0.4, -0.2) is 14.5 Å². The van der Waals surface area contributed by atoms with Crippen LogP contribution >= 0.6 is 0 Å². The molecule has 1 aliphatic rings. The highest BCUT2D eigenvalue weighted by Gasteiger charge is 2.35. The molecule has 1 aliphatic carbocycles. The van der Waals surface area contributed by atoms with Gasteiger partial charge in [0.2, 0.25) is 0 Å². The van der Waals surface area contributed by atoms with Crippen LogP contribution in [0.4, 0.5) is 0 Å². The van der Waals surface area contributed by atoms with Gasteiger partial charge in [0.05, 0.1) is 16.7 Å². The Bertz CT molecular complexity index is 2870. The van der Waals surface area contributed by atoms with E-state index in [2.05, 4.69) is 154 Å². The van der Waals surface area contributed by atoms with E-state index in [9.17, 15) is 0 Å². The molecule has 4 nitrogen and oxygen atoms in total. The van der Waals surface area contributed by atoms with Crippen molar-refractivity contribution in [3.63, 3.8) is 0 Å². The second kappa shape index (κ2) is 11.0. The fraction of sp³-hybridized carbons (Fsp3) is 0.149. The average molecular weight is 660 g/mol. The molecule has 10 rings (SSSR count). The quantitative estimate of drug-likeness (QED) is 0.185. The summed E-state index contributed by atoms with van der Waals surface area (Å²) in [5.74, 6) is 0.735. The molecule has 3 heterocycles. The number of fused-ring (bicyclic) bond motifs is 9. The second-order valence-electron chi connectivity index (χ2n) is 14.3. The van der Waals surface area contributed by atoms with Gasteiger partial charge in [-0.1, -0.05) is 107 Å². The van der Waals surface area contributed by atoms with E-state index in [1.54, 1.807) is 0 Å². The van der Waals surface area contributed by atoms with Gasteiger partial charge in [0.15, 0.2) is 11.4 Å². The molecule has 0 radical (unpaired) electrons. The van der Waals surface area contributed by atoms with Gasteiger partial charge in [-0.05, 0) is 94.8 Å². The second-order valence-corrected chi connectivity index (χ2v) is 14.3. The Morgan fingerprint density at radius 1 is 0.588 bits per heavy atom. The summed E-state index contributed by atoms with van der Waals surface area (Å²) < 4.78 is 8.99. The van der Waals surface area contributed by atoms with Gasteiger partial charge in [-0.15, -0.1) is 0 Å². The molecule has 0 fully saturated rings. The number of rotatable bonds is 5. The fourth-order valence-corrected chi connectivity index (χ4v) is 8.62. The lowest BCUT2D eigenvalue weighted by Gasteiger charge is -2.22. The van der Waals surface area contributed by atoms with Crippen molar-refractivity contribution in [2.45, 2.75) is 46.0 Å². The minimum Gasteiger partial charge on any atom is -0.454 e. The molecule has 51 heavy (non-hydrogen) atoms. The molecule has 0 atom stereocenters. The maximum Gasteiger partial charge on any atom is 0.161 e. The fourth-order valence-electron chi connectivity index (χ4n) is 8.62. The first kappa shape index (κ1) is 29.9. The average Bonchev–Trinajstić information content (AvgIpc) is 3.79. The third kappa shape index (κ3) is 4.26. The topological polar surface area (TPSA) is 43.9 Å². The molecule has 0 saturated heterocycles. The molecule has 3 aromatic heterocycles. The first-order chi connectivity index (χ1) is 25.0. The van der Waals surface area contributed by atoms with Crippen molar-refractivity contribution >= 4 is 43.9 Å². The largest absolute Gasteiger partial charge is 0.454 e. The summed E-state index contributed by atoms with van der Waals surface area (Å²) >= 11 is 0. The predicted molar refractivity (Wildman–Crippen MR) is 211 cm³/mol. The third-order valence-electron chi connectivity index (χ3n) is 11.2. The van der Waals surface area contributed by atoms with Crippen LogP contribution in [-0.2, 0) is 18.3 Å². The van der Waals surface area contributed by atoms with E-state index in [0.717, 1.165) is 79.5 Å². The number of aromatic nitrogens is 3. The van der Waals surface area contributed by atoms with Crippen LogP contribution in [0.25, 0.3) is 83.3 Å². The zero-order chi connectivity index (χ0) is 34.4. The Morgan fingerprint density at radius 3 is 2.18 bits per heavy atom. The van der Waals surface area contributed by atoms with Crippen molar-refractivity contribution in [1.82, 2.24) is 14.5 Å². The van der Waals surface area contributed by atoms with Gasteiger partial charge in [-0.3, -0.25) is 0 Å². The van der Waals surface area contributed by atoms with Crippen LogP contribution < -0.4 is 0 Å². The minimum atomic E-state index is -0.0918. The van der Waals surface area contributed by atoms with E-state index in [4.69, 9.17) is 14.4 Å². The van der Waals surface area contributed by atoms with Crippen LogP contribution in [0.1, 0.15) is 49.9 Å². The van der Waals surface area contributed by atoms with Gasteiger partial charge < -0.3 is 8.98 Å². The van der Waals surface area contributed by atoms with Crippen molar-refractivity contribution in [2.24, 2.45) is 0 Å². The molecule has 0 aliphatic heterocycles. The summed E-state index contributed by atoms with van der Waals surface area (Å²) in [6.07, 6.45) is 1.79. The summed E-state index contributed by atoms with van der Waals surface area (Å²) in [4.78, 5) is 10.5. The van der Waals surface area contributed by atoms with Crippen LogP contribution in [0.3, 0.4) is 0 Å². The Morgan fingerprint density at radius 2 is 1.31 bits per heavy atom. The molecule has 0 unspecified atom stereocenters. The molecule has 0 amide bonds. The Balaban J connectivity index is 1.17. The molecule has 4 heteroatoms.